The summed E-state index contributed by atoms with van der Waals surface area (Å²) in [4.78, 5) is 21.1. The van der Waals surface area contributed by atoms with Crippen LogP contribution in [0.3, 0.4) is 0 Å². The van der Waals surface area contributed by atoms with E-state index in [1.165, 1.54) is 11.3 Å². The van der Waals surface area contributed by atoms with Crippen LogP contribution in [0.4, 0.5) is 0 Å². The van der Waals surface area contributed by atoms with Crippen molar-refractivity contribution in [3.05, 3.63) is 16.1 Å². The van der Waals surface area contributed by atoms with E-state index in [4.69, 9.17) is 10.9 Å². The number of aromatic nitrogens is 1. The van der Waals surface area contributed by atoms with Crippen molar-refractivity contribution in [2.75, 3.05) is 26.2 Å². The molecule has 0 radical (unpaired) electrons. The number of rotatable bonds is 3. The zero-order valence-corrected chi connectivity index (χ0v) is 12.4. The van der Waals surface area contributed by atoms with E-state index < -0.39 is 0 Å². The normalized spacial score (nSPS) is 19.1. The highest BCUT2D eigenvalue weighted by molar-refractivity contribution is 7.11. The lowest BCUT2D eigenvalue weighted by Crippen LogP contribution is -2.54. The Morgan fingerprint density at radius 1 is 1.50 bits per heavy atom. The molecule has 1 saturated heterocycles. The summed E-state index contributed by atoms with van der Waals surface area (Å²) in [5.74, 6) is 0.240. The molecule has 1 aliphatic heterocycles. The third-order valence-electron chi connectivity index (χ3n) is 3.63. The Hall–Kier alpha value is -1.67. The lowest BCUT2D eigenvalue weighted by atomic mass is 10.2. The van der Waals surface area contributed by atoms with Gasteiger partial charge in [0.25, 0.3) is 5.91 Å². The standard InChI is InChI=1S/C12H19N5O2S/c1-8-10(20-7-14-8)12(18)17-5-3-16(4-6-17)9(2)11(13)15-19/h7,9,19H,3-6H2,1-2H3,(H2,13,15). The monoisotopic (exact) mass is 297 g/mol. The predicted octanol–water partition coefficient (Wildman–Crippen LogP) is 0.344. The maximum atomic E-state index is 12.3. The van der Waals surface area contributed by atoms with Gasteiger partial charge in [-0.15, -0.1) is 11.3 Å². The fourth-order valence-corrected chi connectivity index (χ4v) is 3.00. The first-order chi connectivity index (χ1) is 9.54. The van der Waals surface area contributed by atoms with Gasteiger partial charge in [-0.25, -0.2) is 4.98 Å². The molecule has 2 heterocycles. The zero-order chi connectivity index (χ0) is 14.7. The smallest absolute Gasteiger partial charge is 0.265 e. The number of amidine groups is 1. The first-order valence-electron chi connectivity index (χ1n) is 6.45. The summed E-state index contributed by atoms with van der Waals surface area (Å²) >= 11 is 1.38. The second kappa shape index (κ2) is 6.19. The highest BCUT2D eigenvalue weighted by atomic mass is 32.1. The van der Waals surface area contributed by atoms with Crippen LogP contribution in [0, 0.1) is 6.92 Å². The first kappa shape index (κ1) is 14.7. The molecule has 3 N–H and O–H groups in total. The highest BCUT2D eigenvalue weighted by Gasteiger charge is 2.27. The van der Waals surface area contributed by atoms with Crippen molar-refractivity contribution < 1.29 is 10.0 Å². The number of aryl methyl sites for hydroxylation is 1. The van der Waals surface area contributed by atoms with E-state index in [1.807, 2.05) is 18.7 Å². The van der Waals surface area contributed by atoms with Crippen LogP contribution in [-0.2, 0) is 0 Å². The molecule has 110 valence electrons. The molecule has 0 bridgehead atoms. The van der Waals surface area contributed by atoms with Crippen LogP contribution in [0.25, 0.3) is 0 Å². The molecule has 0 aliphatic carbocycles. The summed E-state index contributed by atoms with van der Waals surface area (Å²) in [5, 5.41) is 11.7. The van der Waals surface area contributed by atoms with E-state index >= 15 is 0 Å². The summed E-state index contributed by atoms with van der Waals surface area (Å²) in [7, 11) is 0. The summed E-state index contributed by atoms with van der Waals surface area (Å²) < 4.78 is 0. The van der Waals surface area contributed by atoms with Crippen LogP contribution >= 0.6 is 11.3 Å². The summed E-state index contributed by atoms with van der Waals surface area (Å²) in [5.41, 5.74) is 8.09. The second-order valence-electron chi connectivity index (χ2n) is 4.80. The number of carbonyl (C=O) groups is 1. The zero-order valence-electron chi connectivity index (χ0n) is 11.6. The van der Waals surface area contributed by atoms with Crippen molar-refractivity contribution in [2.45, 2.75) is 19.9 Å². The second-order valence-corrected chi connectivity index (χ2v) is 5.65. The number of piperazine rings is 1. The topological polar surface area (TPSA) is 95.1 Å². The Morgan fingerprint density at radius 2 is 2.15 bits per heavy atom. The van der Waals surface area contributed by atoms with Crippen LogP contribution in [0.5, 0.6) is 0 Å². The highest BCUT2D eigenvalue weighted by Crippen LogP contribution is 2.17. The Balaban J connectivity index is 1.95. The molecule has 8 heteroatoms. The molecule has 0 saturated carbocycles. The van der Waals surface area contributed by atoms with Crippen molar-refractivity contribution >= 4 is 23.1 Å². The first-order valence-corrected chi connectivity index (χ1v) is 7.33. The molecule has 1 atom stereocenters. The van der Waals surface area contributed by atoms with Gasteiger partial charge >= 0.3 is 0 Å². The third kappa shape index (κ3) is 2.91. The van der Waals surface area contributed by atoms with Crippen LogP contribution in [-0.4, -0.2) is 64.0 Å². The van der Waals surface area contributed by atoms with Gasteiger partial charge in [-0.2, -0.15) is 0 Å². The number of nitrogens with two attached hydrogens (primary N) is 1. The van der Waals surface area contributed by atoms with Gasteiger partial charge in [-0.3, -0.25) is 9.69 Å². The van der Waals surface area contributed by atoms with Crippen LogP contribution in [0.1, 0.15) is 22.3 Å². The van der Waals surface area contributed by atoms with Crippen LogP contribution < -0.4 is 5.73 Å². The van der Waals surface area contributed by atoms with Gasteiger partial charge in [0.2, 0.25) is 0 Å². The average Bonchev–Trinajstić information content (AvgIpc) is 2.91. The number of oxime groups is 1. The summed E-state index contributed by atoms with van der Waals surface area (Å²) in [6.45, 7) is 6.43. The van der Waals surface area contributed by atoms with Gasteiger partial charge in [-0.05, 0) is 13.8 Å². The Labute approximate surface area is 121 Å². The van der Waals surface area contributed by atoms with Crippen molar-refractivity contribution in [3.8, 4) is 0 Å². The van der Waals surface area contributed by atoms with Gasteiger partial charge in [0.15, 0.2) is 5.84 Å². The molecule has 1 aliphatic rings. The van der Waals surface area contributed by atoms with E-state index in [9.17, 15) is 4.79 Å². The molecule has 20 heavy (non-hydrogen) atoms. The van der Waals surface area contributed by atoms with Crippen molar-refractivity contribution in [1.29, 1.82) is 0 Å². The van der Waals surface area contributed by atoms with E-state index in [1.54, 1.807) is 5.51 Å². The van der Waals surface area contributed by atoms with E-state index in [0.29, 0.717) is 31.1 Å². The summed E-state index contributed by atoms with van der Waals surface area (Å²) in [6.07, 6.45) is 0. The number of carbonyl (C=O) groups excluding carboxylic acids is 1. The van der Waals surface area contributed by atoms with Gasteiger partial charge in [0.05, 0.1) is 17.2 Å². The number of amides is 1. The minimum Gasteiger partial charge on any atom is -0.409 e. The van der Waals surface area contributed by atoms with Crippen LogP contribution in [0.2, 0.25) is 0 Å². The molecular weight excluding hydrogens is 278 g/mol. The maximum Gasteiger partial charge on any atom is 0.265 e. The Kier molecular flexibility index (Phi) is 4.56. The van der Waals surface area contributed by atoms with Crippen molar-refractivity contribution in [1.82, 2.24) is 14.8 Å². The minimum absolute atomic E-state index is 0.0427. The lowest BCUT2D eigenvalue weighted by Gasteiger charge is -2.37. The minimum atomic E-state index is -0.123. The fourth-order valence-electron chi connectivity index (χ4n) is 2.23. The summed E-state index contributed by atoms with van der Waals surface area (Å²) in [6, 6.07) is -0.123. The SMILES string of the molecule is Cc1ncsc1C(=O)N1CCN(C(C)C(N)=NO)CC1. The van der Waals surface area contributed by atoms with Gasteiger partial charge in [0, 0.05) is 26.2 Å². The van der Waals surface area contributed by atoms with Gasteiger partial charge < -0.3 is 15.8 Å². The molecule has 1 aromatic rings. The number of hydrogen-bond donors (Lipinski definition) is 2. The number of hydrogen-bond acceptors (Lipinski definition) is 6. The third-order valence-corrected chi connectivity index (χ3v) is 4.55. The fraction of sp³-hybridized carbons (Fsp3) is 0.583. The molecule has 1 fully saturated rings. The van der Waals surface area contributed by atoms with Crippen molar-refractivity contribution in [2.24, 2.45) is 10.9 Å². The van der Waals surface area contributed by atoms with Gasteiger partial charge in [0.1, 0.15) is 4.88 Å². The van der Waals surface area contributed by atoms with E-state index in [0.717, 1.165) is 5.69 Å². The van der Waals surface area contributed by atoms with Gasteiger partial charge in [-0.1, -0.05) is 5.16 Å². The van der Waals surface area contributed by atoms with Crippen LogP contribution in [0.15, 0.2) is 10.7 Å². The predicted molar refractivity (Wildman–Crippen MR) is 77.2 cm³/mol. The molecule has 0 spiro atoms. The molecule has 2 rings (SSSR count). The molecule has 7 nitrogen and oxygen atoms in total. The van der Waals surface area contributed by atoms with E-state index in [2.05, 4.69) is 15.0 Å². The quantitative estimate of drug-likeness (QED) is 0.363. The lowest BCUT2D eigenvalue weighted by molar-refractivity contribution is 0.0622. The average molecular weight is 297 g/mol. The molecule has 1 aromatic heterocycles. The number of thiazole rings is 1. The van der Waals surface area contributed by atoms with Crippen molar-refractivity contribution in [3.63, 3.8) is 0 Å². The maximum absolute atomic E-state index is 12.3. The molecule has 1 amide bonds. The Bertz CT molecular complexity index is 508. The molecular formula is C12H19N5O2S. The molecule has 0 aromatic carbocycles. The number of nitrogens with zero attached hydrogens (tertiary/aromatic N) is 4. The largest absolute Gasteiger partial charge is 0.409 e. The molecule has 1 unspecified atom stereocenters. The Morgan fingerprint density at radius 3 is 2.65 bits per heavy atom. The van der Waals surface area contributed by atoms with E-state index in [-0.39, 0.29) is 17.8 Å².